The van der Waals surface area contributed by atoms with Gasteiger partial charge in [-0.05, 0) is 37.8 Å². The van der Waals surface area contributed by atoms with E-state index in [1.165, 1.54) is 10.5 Å². The molecule has 1 aliphatic heterocycles. The molecule has 0 spiro atoms. The van der Waals surface area contributed by atoms with Gasteiger partial charge < -0.3 is 5.73 Å². The molecule has 24 heavy (non-hydrogen) atoms. The van der Waals surface area contributed by atoms with Gasteiger partial charge in [0.05, 0.1) is 18.1 Å². The van der Waals surface area contributed by atoms with Crippen molar-refractivity contribution < 1.29 is 8.42 Å². The summed E-state index contributed by atoms with van der Waals surface area (Å²) < 4.78 is 28.8. The molecule has 0 radical (unpaired) electrons. The lowest BCUT2D eigenvalue weighted by Gasteiger charge is -2.33. The molecule has 8 heteroatoms. The predicted octanol–water partition coefficient (Wildman–Crippen LogP) is 2.04. The lowest BCUT2D eigenvalue weighted by Crippen LogP contribution is -2.44. The Balaban J connectivity index is 0.00000208. The Morgan fingerprint density at radius 1 is 1.29 bits per heavy atom. The summed E-state index contributed by atoms with van der Waals surface area (Å²) in [5, 5.41) is 4.19. The highest BCUT2D eigenvalue weighted by Gasteiger charge is 2.32. The number of hydrogen-bond acceptors (Lipinski definition) is 4. The number of para-hydroxylation sites is 1. The number of piperidine rings is 1. The van der Waals surface area contributed by atoms with E-state index in [9.17, 15) is 8.42 Å². The molecular formula is C16H23ClN4O2S. The fourth-order valence-electron chi connectivity index (χ4n) is 2.93. The first kappa shape index (κ1) is 18.9. The van der Waals surface area contributed by atoms with E-state index in [-0.39, 0.29) is 29.3 Å². The van der Waals surface area contributed by atoms with Gasteiger partial charge in [0.1, 0.15) is 4.90 Å². The molecule has 1 aromatic carbocycles. The van der Waals surface area contributed by atoms with Crippen LogP contribution >= 0.6 is 12.4 Å². The Hall–Kier alpha value is -1.41. The van der Waals surface area contributed by atoms with Crippen LogP contribution in [0.5, 0.6) is 0 Å². The summed E-state index contributed by atoms with van der Waals surface area (Å²) in [5.74, 6) is 0.211. The van der Waals surface area contributed by atoms with Crippen molar-refractivity contribution in [3.63, 3.8) is 0 Å². The number of nitrogens with zero attached hydrogens (tertiary/aromatic N) is 3. The summed E-state index contributed by atoms with van der Waals surface area (Å²) >= 11 is 0. The molecule has 2 aromatic rings. The average molecular weight is 371 g/mol. The summed E-state index contributed by atoms with van der Waals surface area (Å²) in [4.78, 5) is 0.228. The van der Waals surface area contributed by atoms with E-state index in [0.717, 1.165) is 18.5 Å². The van der Waals surface area contributed by atoms with Crippen LogP contribution in [0.25, 0.3) is 5.69 Å². The quantitative estimate of drug-likeness (QED) is 0.892. The number of rotatable bonds is 4. The van der Waals surface area contributed by atoms with Gasteiger partial charge in [-0.3, -0.25) is 0 Å². The van der Waals surface area contributed by atoms with E-state index in [1.54, 1.807) is 10.9 Å². The standard InChI is InChI=1S/C16H22N4O2S.ClH/c1-13(17)14-6-5-9-19(11-14)23(21,22)16-10-18-20(12-16)15-7-3-2-4-8-15;/h2-4,7-8,10,12-14H,5-6,9,11,17H2,1H3;1H. The van der Waals surface area contributed by atoms with Crippen molar-refractivity contribution in [1.82, 2.24) is 14.1 Å². The normalized spacial score (nSPS) is 20.3. The van der Waals surface area contributed by atoms with Crippen LogP contribution in [0.2, 0.25) is 0 Å². The van der Waals surface area contributed by atoms with E-state index in [4.69, 9.17) is 5.73 Å². The maximum Gasteiger partial charge on any atom is 0.246 e. The molecule has 1 aliphatic rings. The van der Waals surface area contributed by atoms with Gasteiger partial charge in [0.2, 0.25) is 10.0 Å². The number of halogens is 1. The van der Waals surface area contributed by atoms with Crippen molar-refractivity contribution in [1.29, 1.82) is 0 Å². The van der Waals surface area contributed by atoms with Crippen molar-refractivity contribution in [2.45, 2.75) is 30.7 Å². The van der Waals surface area contributed by atoms with E-state index < -0.39 is 10.0 Å². The third kappa shape index (κ3) is 3.80. The van der Waals surface area contributed by atoms with Crippen LogP contribution in [0.4, 0.5) is 0 Å². The van der Waals surface area contributed by atoms with Gasteiger partial charge in [0, 0.05) is 19.1 Å². The fourth-order valence-corrected chi connectivity index (χ4v) is 4.40. The van der Waals surface area contributed by atoms with Crippen molar-refractivity contribution >= 4 is 22.4 Å². The fraction of sp³-hybridized carbons (Fsp3) is 0.438. The molecule has 2 atom stereocenters. The number of nitrogens with two attached hydrogens (primary N) is 1. The SMILES string of the molecule is CC(N)C1CCCN(S(=O)(=O)c2cnn(-c3ccccc3)c2)C1.Cl. The lowest BCUT2D eigenvalue weighted by molar-refractivity contribution is 0.243. The maximum atomic E-state index is 12.8. The molecule has 0 saturated carbocycles. The van der Waals surface area contributed by atoms with Gasteiger partial charge in [-0.1, -0.05) is 18.2 Å². The van der Waals surface area contributed by atoms with Gasteiger partial charge in [0.15, 0.2) is 0 Å². The smallest absolute Gasteiger partial charge is 0.246 e. The first-order valence-corrected chi connectivity index (χ1v) is 9.28. The van der Waals surface area contributed by atoms with Crippen molar-refractivity contribution in [2.24, 2.45) is 11.7 Å². The van der Waals surface area contributed by atoms with E-state index in [2.05, 4.69) is 5.10 Å². The third-order valence-corrected chi connectivity index (χ3v) is 6.20. The predicted molar refractivity (Wildman–Crippen MR) is 95.9 cm³/mol. The number of sulfonamides is 1. The second kappa shape index (κ2) is 7.65. The summed E-state index contributed by atoms with van der Waals surface area (Å²) in [6.07, 6.45) is 4.81. The molecular weight excluding hydrogens is 348 g/mol. The Labute approximate surface area is 149 Å². The highest BCUT2D eigenvalue weighted by molar-refractivity contribution is 7.89. The highest BCUT2D eigenvalue weighted by Crippen LogP contribution is 2.25. The van der Waals surface area contributed by atoms with E-state index >= 15 is 0 Å². The Morgan fingerprint density at radius 3 is 2.67 bits per heavy atom. The molecule has 1 saturated heterocycles. The summed E-state index contributed by atoms with van der Waals surface area (Å²) in [6.45, 7) is 2.97. The van der Waals surface area contributed by atoms with Crippen molar-refractivity contribution in [3.05, 3.63) is 42.7 Å². The zero-order chi connectivity index (χ0) is 16.4. The van der Waals surface area contributed by atoms with Crippen LogP contribution in [0.3, 0.4) is 0 Å². The molecule has 0 aliphatic carbocycles. The van der Waals surface area contributed by atoms with Crippen LogP contribution in [0.1, 0.15) is 19.8 Å². The van der Waals surface area contributed by atoms with Crippen LogP contribution in [0, 0.1) is 5.92 Å². The summed E-state index contributed by atoms with van der Waals surface area (Å²) in [5.41, 5.74) is 6.79. The molecule has 1 aromatic heterocycles. The minimum absolute atomic E-state index is 0. The molecule has 6 nitrogen and oxygen atoms in total. The Morgan fingerprint density at radius 2 is 2.00 bits per heavy atom. The van der Waals surface area contributed by atoms with Crippen LogP contribution in [-0.4, -0.2) is 41.6 Å². The van der Waals surface area contributed by atoms with Gasteiger partial charge in [-0.15, -0.1) is 12.4 Å². The van der Waals surface area contributed by atoms with Gasteiger partial charge in [-0.25, -0.2) is 13.1 Å². The molecule has 2 N–H and O–H groups in total. The van der Waals surface area contributed by atoms with Crippen LogP contribution < -0.4 is 5.73 Å². The molecule has 2 heterocycles. The minimum Gasteiger partial charge on any atom is -0.328 e. The molecule has 0 amide bonds. The first-order valence-electron chi connectivity index (χ1n) is 7.84. The van der Waals surface area contributed by atoms with E-state index in [0.29, 0.717) is 13.1 Å². The molecule has 132 valence electrons. The molecule has 3 rings (SSSR count). The monoisotopic (exact) mass is 370 g/mol. The average Bonchev–Trinajstić information content (AvgIpc) is 3.06. The van der Waals surface area contributed by atoms with Gasteiger partial charge in [0.25, 0.3) is 0 Å². The van der Waals surface area contributed by atoms with E-state index in [1.807, 2.05) is 37.3 Å². The summed E-state index contributed by atoms with van der Waals surface area (Å²) in [7, 11) is -3.52. The zero-order valence-corrected chi connectivity index (χ0v) is 15.2. The minimum atomic E-state index is -3.52. The van der Waals surface area contributed by atoms with Crippen LogP contribution in [0.15, 0.2) is 47.6 Å². The number of aromatic nitrogens is 2. The molecule has 1 fully saturated rings. The van der Waals surface area contributed by atoms with Crippen molar-refractivity contribution in [2.75, 3.05) is 13.1 Å². The lowest BCUT2D eigenvalue weighted by atomic mass is 9.93. The maximum absolute atomic E-state index is 12.8. The summed E-state index contributed by atoms with van der Waals surface area (Å²) in [6, 6.07) is 9.46. The highest BCUT2D eigenvalue weighted by atomic mass is 35.5. The van der Waals surface area contributed by atoms with Crippen molar-refractivity contribution in [3.8, 4) is 5.69 Å². The second-order valence-corrected chi connectivity index (χ2v) is 8.02. The zero-order valence-electron chi connectivity index (χ0n) is 13.6. The second-order valence-electron chi connectivity index (χ2n) is 6.08. The topological polar surface area (TPSA) is 81.2 Å². The Kier molecular flexibility index (Phi) is 6.03. The third-order valence-electron chi connectivity index (χ3n) is 4.38. The number of hydrogen-bond donors (Lipinski definition) is 1. The van der Waals surface area contributed by atoms with Gasteiger partial charge in [-0.2, -0.15) is 9.40 Å². The first-order chi connectivity index (χ1) is 11.0. The number of benzene rings is 1. The largest absolute Gasteiger partial charge is 0.328 e. The molecule has 0 bridgehead atoms. The Bertz CT molecular complexity index is 761. The van der Waals surface area contributed by atoms with Crippen LogP contribution in [-0.2, 0) is 10.0 Å². The van der Waals surface area contributed by atoms with Gasteiger partial charge >= 0.3 is 0 Å². The molecule has 2 unspecified atom stereocenters.